The molecule has 12 heavy (non-hydrogen) atoms. The number of nitriles is 1. The molecule has 1 aliphatic rings. The smallest absolute Gasteiger partial charge is 0.0779 e. The predicted octanol–water partition coefficient (Wildman–Crippen LogP) is 2.09. The highest BCUT2D eigenvalue weighted by Gasteiger charge is 2.36. The fourth-order valence-electron chi connectivity index (χ4n) is 1.72. The molecule has 1 saturated carbocycles. The van der Waals surface area contributed by atoms with E-state index in [4.69, 9.17) is 5.26 Å². The topological polar surface area (TPSA) is 44.0 Å². The molecule has 0 amide bonds. The van der Waals surface area contributed by atoms with Crippen molar-refractivity contribution in [2.24, 2.45) is 11.8 Å². The maximum atomic E-state index is 9.96. The monoisotopic (exact) mass is 167 g/mol. The molecule has 2 heteroatoms. The van der Waals surface area contributed by atoms with Crippen molar-refractivity contribution < 1.29 is 5.11 Å². The first-order chi connectivity index (χ1) is 5.60. The molecule has 0 radical (unpaired) electrons. The molecular formula is C10H17NO. The van der Waals surface area contributed by atoms with Crippen molar-refractivity contribution in [3.05, 3.63) is 0 Å². The van der Waals surface area contributed by atoms with Crippen molar-refractivity contribution in [1.29, 1.82) is 5.26 Å². The van der Waals surface area contributed by atoms with Crippen LogP contribution in [0.4, 0.5) is 0 Å². The van der Waals surface area contributed by atoms with Gasteiger partial charge in [-0.25, -0.2) is 0 Å². The normalized spacial score (nSPS) is 24.2. The fraction of sp³-hybridized carbons (Fsp3) is 0.900. The van der Waals surface area contributed by atoms with E-state index in [1.165, 1.54) is 12.8 Å². The first kappa shape index (κ1) is 9.54. The van der Waals surface area contributed by atoms with E-state index in [-0.39, 0.29) is 5.92 Å². The zero-order chi connectivity index (χ0) is 9.19. The van der Waals surface area contributed by atoms with Crippen LogP contribution in [0.3, 0.4) is 0 Å². The molecule has 0 aromatic rings. The fourth-order valence-corrected chi connectivity index (χ4v) is 1.72. The van der Waals surface area contributed by atoms with Crippen LogP contribution in [0.2, 0.25) is 0 Å². The summed E-state index contributed by atoms with van der Waals surface area (Å²) < 4.78 is 0. The van der Waals surface area contributed by atoms with E-state index in [1.807, 2.05) is 6.92 Å². The van der Waals surface area contributed by atoms with Crippen molar-refractivity contribution in [1.82, 2.24) is 0 Å². The summed E-state index contributed by atoms with van der Waals surface area (Å²) in [5.41, 5.74) is -0.759. The Morgan fingerprint density at radius 3 is 2.58 bits per heavy atom. The van der Waals surface area contributed by atoms with Crippen LogP contribution < -0.4 is 0 Å². The summed E-state index contributed by atoms with van der Waals surface area (Å²) in [6.07, 6.45) is 4.02. The Kier molecular flexibility index (Phi) is 2.74. The first-order valence-corrected chi connectivity index (χ1v) is 4.72. The van der Waals surface area contributed by atoms with Gasteiger partial charge in [0.25, 0.3) is 0 Å². The lowest BCUT2D eigenvalue weighted by Gasteiger charge is -2.27. The average Bonchev–Trinajstić information content (AvgIpc) is 2.72. The number of hydrogen-bond donors (Lipinski definition) is 1. The van der Waals surface area contributed by atoms with Gasteiger partial charge in [-0.3, -0.25) is 0 Å². The maximum Gasteiger partial charge on any atom is 0.0779 e. The minimum absolute atomic E-state index is 0.196. The van der Waals surface area contributed by atoms with E-state index in [9.17, 15) is 5.11 Å². The number of nitrogens with zero attached hydrogens (tertiary/aromatic N) is 1. The van der Waals surface area contributed by atoms with E-state index >= 15 is 0 Å². The predicted molar refractivity (Wildman–Crippen MR) is 47.4 cm³/mol. The second-order valence-corrected chi connectivity index (χ2v) is 4.09. The number of aliphatic hydroxyl groups is 1. The van der Waals surface area contributed by atoms with E-state index in [0.717, 1.165) is 12.8 Å². The van der Waals surface area contributed by atoms with Crippen molar-refractivity contribution in [3.63, 3.8) is 0 Å². The van der Waals surface area contributed by atoms with Crippen LogP contribution in [0.1, 0.15) is 39.5 Å². The molecule has 2 atom stereocenters. The van der Waals surface area contributed by atoms with E-state index in [2.05, 4.69) is 6.07 Å². The van der Waals surface area contributed by atoms with E-state index < -0.39 is 5.60 Å². The molecular weight excluding hydrogens is 150 g/mol. The Morgan fingerprint density at radius 1 is 1.67 bits per heavy atom. The van der Waals surface area contributed by atoms with Crippen molar-refractivity contribution >= 4 is 0 Å². The third-order valence-electron chi connectivity index (χ3n) is 2.71. The highest BCUT2D eigenvalue weighted by atomic mass is 16.3. The van der Waals surface area contributed by atoms with Crippen LogP contribution in [0.5, 0.6) is 0 Å². The molecule has 1 rings (SSSR count). The molecule has 0 heterocycles. The Bertz CT molecular complexity index is 189. The van der Waals surface area contributed by atoms with Gasteiger partial charge in [-0.15, -0.1) is 0 Å². The zero-order valence-corrected chi connectivity index (χ0v) is 7.88. The van der Waals surface area contributed by atoms with Gasteiger partial charge in [0, 0.05) is 0 Å². The van der Waals surface area contributed by atoms with Crippen LogP contribution in [-0.4, -0.2) is 10.7 Å². The summed E-state index contributed by atoms with van der Waals surface area (Å²) in [6, 6.07) is 2.18. The van der Waals surface area contributed by atoms with E-state index in [0.29, 0.717) is 5.92 Å². The Morgan fingerprint density at radius 2 is 2.25 bits per heavy atom. The number of hydrogen-bond acceptors (Lipinski definition) is 2. The molecule has 1 N–H and O–H groups in total. The Hall–Kier alpha value is -0.550. The van der Waals surface area contributed by atoms with Crippen LogP contribution in [0, 0.1) is 23.2 Å². The van der Waals surface area contributed by atoms with Crippen molar-refractivity contribution in [2.45, 2.75) is 45.1 Å². The van der Waals surface area contributed by atoms with E-state index in [1.54, 1.807) is 6.92 Å². The van der Waals surface area contributed by atoms with Crippen LogP contribution >= 0.6 is 0 Å². The molecule has 0 aromatic carbocycles. The highest BCUT2D eigenvalue weighted by molar-refractivity contribution is 4.98. The summed E-state index contributed by atoms with van der Waals surface area (Å²) >= 11 is 0. The second kappa shape index (κ2) is 3.45. The largest absolute Gasteiger partial charge is 0.389 e. The standard InChI is InChI=1S/C10H17NO/c1-3-9(7-11)10(2,12)6-8-4-5-8/h8-9,12H,3-6H2,1-2H3. The Labute approximate surface area is 74.2 Å². The first-order valence-electron chi connectivity index (χ1n) is 4.72. The minimum Gasteiger partial charge on any atom is -0.389 e. The summed E-state index contributed by atoms with van der Waals surface area (Å²) in [4.78, 5) is 0. The van der Waals surface area contributed by atoms with Gasteiger partial charge in [-0.05, 0) is 25.7 Å². The molecule has 0 spiro atoms. The second-order valence-electron chi connectivity index (χ2n) is 4.09. The third-order valence-corrected chi connectivity index (χ3v) is 2.71. The summed E-state index contributed by atoms with van der Waals surface area (Å²) in [5, 5.41) is 18.7. The number of rotatable bonds is 4. The van der Waals surface area contributed by atoms with Crippen molar-refractivity contribution in [2.75, 3.05) is 0 Å². The molecule has 1 aliphatic carbocycles. The summed E-state index contributed by atoms with van der Waals surface area (Å²) in [5.74, 6) is 0.487. The van der Waals surface area contributed by atoms with Gasteiger partial charge >= 0.3 is 0 Å². The maximum absolute atomic E-state index is 9.96. The molecule has 0 aliphatic heterocycles. The molecule has 68 valence electrons. The van der Waals surface area contributed by atoms with Gasteiger partial charge in [-0.1, -0.05) is 19.8 Å². The zero-order valence-electron chi connectivity index (χ0n) is 7.88. The highest BCUT2D eigenvalue weighted by Crippen LogP contribution is 2.39. The van der Waals surface area contributed by atoms with Gasteiger partial charge in [-0.2, -0.15) is 5.26 Å². The molecule has 2 nitrogen and oxygen atoms in total. The quantitative estimate of drug-likeness (QED) is 0.696. The summed E-state index contributed by atoms with van der Waals surface area (Å²) in [7, 11) is 0. The van der Waals surface area contributed by atoms with Crippen LogP contribution in [0.15, 0.2) is 0 Å². The van der Waals surface area contributed by atoms with Gasteiger partial charge in [0.1, 0.15) is 0 Å². The van der Waals surface area contributed by atoms with Gasteiger partial charge in [0.15, 0.2) is 0 Å². The molecule has 2 unspecified atom stereocenters. The van der Waals surface area contributed by atoms with Gasteiger partial charge < -0.3 is 5.11 Å². The van der Waals surface area contributed by atoms with Crippen LogP contribution in [-0.2, 0) is 0 Å². The molecule has 0 bridgehead atoms. The molecule has 0 aromatic heterocycles. The lowest BCUT2D eigenvalue weighted by molar-refractivity contribution is 0.00602. The average molecular weight is 167 g/mol. The molecule has 1 fully saturated rings. The van der Waals surface area contributed by atoms with Crippen molar-refractivity contribution in [3.8, 4) is 6.07 Å². The lowest BCUT2D eigenvalue weighted by atomic mass is 9.84. The van der Waals surface area contributed by atoms with Gasteiger partial charge in [0.05, 0.1) is 17.6 Å². The Balaban J connectivity index is 2.48. The third kappa shape index (κ3) is 2.22. The van der Waals surface area contributed by atoms with Crippen LogP contribution in [0.25, 0.3) is 0 Å². The minimum atomic E-state index is -0.759. The van der Waals surface area contributed by atoms with Gasteiger partial charge in [0.2, 0.25) is 0 Å². The molecule has 0 saturated heterocycles. The summed E-state index contributed by atoms with van der Waals surface area (Å²) in [6.45, 7) is 3.75. The lowest BCUT2D eigenvalue weighted by Crippen LogP contribution is -2.33. The SMILES string of the molecule is CCC(C#N)C(C)(O)CC1CC1.